The predicted octanol–water partition coefficient (Wildman–Crippen LogP) is 4.32. The number of hydrogen-bond acceptors (Lipinski definition) is 4. The standard InChI is InChI=1S/C8H16O2.C3H6O.CHCl3.CH4O/c1-3-4-5-6-7-10-8(2)9;1-3(2)4;2-1(3)4;1-2/h3-7H2,1-2H3;1-2H3;1H;2H,1H3. The lowest BCUT2D eigenvalue weighted by Gasteiger charge is -1.99. The van der Waals surface area contributed by atoms with Crippen LogP contribution in [0.15, 0.2) is 0 Å². The van der Waals surface area contributed by atoms with E-state index in [1.54, 1.807) is 0 Å². The Morgan fingerprint density at radius 2 is 1.35 bits per heavy atom. The third-order valence-corrected chi connectivity index (χ3v) is 1.30. The van der Waals surface area contributed by atoms with Crippen LogP contribution >= 0.6 is 34.8 Å². The predicted molar refractivity (Wildman–Crippen MR) is 86.6 cm³/mol. The van der Waals surface area contributed by atoms with Crippen LogP contribution in [0.2, 0.25) is 0 Å². The number of alkyl halides is 3. The normalized spacial score (nSPS) is 8.10. The summed E-state index contributed by atoms with van der Waals surface area (Å²) in [5.74, 6) is -0.00324. The van der Waals surface area contributed by atoms with Crippen molar-refractivity contribution in [3.63, 3.8) is 0 Å². The van der Waals surface area contributed by atoms with Crippen LogP contribution in [0.5, 0.6) is 0 Å². The smallest absolute Gasteiger partial charge is 0.302 e. The molecule has 0 aliphatic rings. The number of ether oxygens (including phenoxy) is 1. The van der Waals surface area contributed by atoms with E-state index in [9.17, 15) is 9.59 Å². The molecule has 1 N–H and O–H groups in total. The Labute approximate surface area is 137 Å². The number of carbonyl (C=O) groups is 2. The summed E-state index contributed by atoms with van der Waals surface area (Å²) >= 11 is 14.4. The van der Waals surface area contributed by atoms with E-state index >= 15 is 0 Å². The van der Waals surface area contributed by atoms with Crippen molar-refractivity contribution in [2.24, 2.45) is 0 Å². The summed E-state index contributed by atoms with van der Waals surface area (Å²) in [6.07, 6.45) is 4.64. The van der Waals surface area contributed by atoms with Crippen molar-refractivity contribution in [1.29, 1.82) is 0 Å². The zero-order chi connectivity index (χ0) is 17.0. The van der Waals surface area contributed by atoms with E-state index in [0.717, 1.165) is 13.5 Å². The minimum atomic E-state index is -0.750. The molecular weight excluding hydrogens is 326 g/mol. The van der Waals surface area contributed by atoms with E-state index in [0.29, 0.717) is 6.61 Å². The molecule has 0 aromatic rings. The van der Waals surface area contributed by atoms with Gasteiger partial charge in [-0.2, -0.15) is 0 Å². The number of esters is 1. The molecule has 0 heterocycles. The molecule has 0 rings (SSSR count). The van der Waals surface area contributed by atoms with Crippen LogP contribution in [-0.4, -0.2) is 34.9 Å². The summed E-state index contributed by atoms with van der Waals surface area (Å²) in [4.78, 5) is 19.7. The molecule has 0 amide bonds. The van der Waals surface area contributed by atoms with Gasteiger partial charge in [-0.25, -0.2) is 0 Å². The molecule has 0 spiro atoms. The molecule has 124 valence electrons. The van der Waals surface area contributed by atoms with Crippen molar-refractivity contribution in [3.05, 3.63) is 0 Å². The Morgan fingerprint density at radius 1 is 1.00 bits per heavy atom. The first kappa shape index (κ1) is 28.2. The highest BCUT2D eigenvalue weighted by Gasteiger charge is 1.91. The van der Waals surface area contributed by atoms with Gasteiger partial charge in [0.2, 0.25) is 0 Å². The highest BCUT2D eigenvalue weighted by molar-refractivity contribution is 6.63. The number of halogens is 3. The highest BCUT2D eigenvalue weighted by atomic mass is 35.6. The largest absolute Gasteiger partial charge is 0.466 e. The lowest BCUT2D eigenvalue weighted by molar-refractivity contribution is -0.141. The Morgan fingerprint density at radius 3 is 1.60 bits per heavy atom. The Balaban J connectivity index is -0.000000106. The number of rotatable bonds is 5. The number of aliphatic hydroxyl groups excluding tert-OH is 1. The number of unbranched alkanes of at least 4 members (excludes halogenated alkanes) is 3. The van der Waals surface area contributed by atoms with Crippen LogP contribution < -0.4 is 0 Å². The molecule has 0 atom stereocenters. The maximum atomic E-state index is 10.3. The van der Waals surface area contributed by atoms with Crippen molar-refractivity contribution >= 4 is 46.6 Å². The third-order valence-electron chi connectivity index (χ3n) is 1.30. The Hall–Kier alpha value is -0.0300. The molecule has 0 radical (unpaired) electrons. The molecule has 0 aliphatic carbocycles. The monoisotopic (exact) mass is 352 g/mol. The minimum Gasteiger partial charge on any atom is -0.466 e. The fourth-order valence-corrected chi connectivity index (χ4v) is 0.745. The molecule has 4 nitrogen and oxygen atoms in total. The fraction of sp³-hybridized carbons (Fsp3) is 0.846. The van der Waals surface area contributed by atoms with Crippen molar-refractivity contribution in [2.45, 2.75) is 57.7 Å². The van der Waals surface area contributed by atoms with Crippen LogP contribution in [0.3, 0.4) is 0 Å². The summed E-state index contributed by atoms with van der Waals surface area (Å²) in [5.41, 5.74) is 0. The molecule has 0 aromatic heterocycles. The maximum absolute atomic E-state index is 10.3. The van der Waals surface area contributed by atoms with E-state index < -0.39 is 4.30 Å². The average molecular weight is 354 g/mol. The van der Waals surface area contributed by atoms with Gasteiger partial charge in [-0.05, 0) is 20.3 Å². The topological polar surface area (TPSA) is 63.6 Å². The number of ketones is 1. The van der Waals surface area contributed by atoms with Crippen LogP contribution in [-0.2, 0) is 14.3 Å². The zero-order valence-electron chi connectivity index (χ0n) is 12.9. The molecule has 7 heteroatoms. The number of aliphatic hydroxyl groups is 1. The summed E-state index contributed by atoms with van der Waals surface area (Å²) < 4.78 is 4.00. The molecule has 0 bridgehead atoms. The van der Waals surface area contributed by atoms with Gasteiger partial charge in [-0.1, -0.05) is 61.0 Å². The van der Waals surface area contributed by atoms with Gasteiger partial charge in [0.25, 0.3) is 0 Å². The van der Waals surface area contributed by atoms with Crippen LogP contribution in [0, 0.1) is 0 Å². The molecule has 0 unspecified atom stereocenters. The number of Topliss-reactive ketones (excluding diaryl/α,β-unsaturated/α-hetero) is 1. The minimum absolute atomic E-state index is 0.167. The molecule has 20 heavy (non-hydrogen) atoms. The molecule has 0 aromatic carbocycles. The lowest BCUT2D eigenvalue weighted by Crippen LogP contribution is -1.99. The second kappa shape index (κ2) is 27.3. The van der Waals surface area contributed by atoms with Crippen molar-refractivity contribution in [2.75, 3.05) is 13.7 Å². The quantitative estimate of drug-likeness (QED) is 0.454. The third kappa shape index (κ3) is 107. The first-order valence-corrected chi connectivity index (χ1v) is 7.52. The van der Waals surface area contributed by atoms with Gasteiger partial charge in [0.1, 0.15) is 5.78 Å². The number of carbonyl (C=O) groups excluding carboxylic acids is 2. The molecule has 0 saturated carbocycles. The van der Waals surface area contributed by atoms with Crippen LogP contribution in [0.1, 0.15) is 53.4 Å². The molecular formula is C13H27Cl3O4. The summed E-state index contributed by atoms with van der Waals surface area (Å²) in [5, 5.41) is 7.00. The van der Waals surface area contributed by atoms with Gasteiger partial charge in [0, 0.05) is 14.0 Å². The molecule has 0 fully saturated rings. The summed E-state index contributed by atoms with van der Waals surface area (Å²) in [7, 11) is 1.00. The lowest BCUT2D eigenvalue weighted by atomic mass is 10.2. The molecule has 0 saturated heterocycles. The van der Waals surface area contributed by atoms with Gasteiger partial charge >= 0.3 is 5.97 Å². The van der Waals surface area contributed by atoms with E-state index in [1.807, 2.05) is 0 Å². The van der Waals surface area contributed by atoms with Crippen LogP contribution in [0.25, 0.3) is 0 Å². The van der Waals surface area contributed by atoms with E-state index in [2.05, 4.69) is 6.92 Å². The number of hydrogen-bond donors (Lipinski definition) is 1. The zero-order valence-corrected chi connectivity index (χ0v) is 15.2. The average Bonchev–Trinajstić information content (AvgIpc) is 2.29. The van der Waals surface area contributed by atoms with E-state index in [4.69, 9.17) is 44.6 Å². The van der Waals surface area contributed by atoms with Gasteiger partial charge in [-0.15, -0.1) is 0 Å². The van der Waals surface area contributed by atoms with Gasteiger partial charge < -0.3 is 14.6 Å². The van der Waals surface area contributed by atoms with Gasteiger partial charge in [0.05, 0.1) is 6.61 Å². The molecule has 0 aliphatic heterocycles. The SMILES string of the molecule is CC(C)=O.CCCCCCOC(C)=O.CO.ClC(Cl)Cl. The first-order chi connectivity index (χ1) is 9.23. The Kier molecular flexibility index (Phi) is 38.5. The Bertz CT molecular complexity index is 193. The van der Waals surface area contributed by atoms with E-state index in [1.165, 1.54) is 40.0 Å². The summed E-state index contributed by atoms with van der Waals surface area (Å²) in [6.45, 7) is 7.25. The van der Waals surface area contributed by atoms with E-state index in [-0.39, 0.29) is 11.8 Å². The highest BCUT2D eigenvalue weighted by Crippen LogP contribution is 2.03. The van der Waals surface area contributed by atoms with Crippen molar-refractivity contribution in [1.82, 2.24) is 0 Å². The summed E-state index contributed by atoms with van der Waals surface area (Å²) in [6, 6.07) is 0. The fourth-order valence-electron chi connectivity index (χ4n) is 0.745. The first-order valence-electron chi connectivity index (χ1n) is 6.21. The van der Waals surface area contributed by atoms with Crippen LogP contribution in [0.4, 0.5) is 0 Å². The van der Waals surface area contributed by atoms with Crippen molar-refractivity contribution in [3.8, 4) is 0 Å². The second-order valence-corrected chi connectivity index (χ2v) is 5.54. The van der Waals surface area contributed by atoms with Gasteiger partial charge in [0.15, 0.2) is 4.30 Å². The maximum Gasteiger partial charge on any atom is 0.302 e. The van der Waals surface area contributed by atoms with Crippen molar-refractivity contribution < 1.29 is 19.4 Å². The second-order valence-electron chi connectivity index (χ2n) is 3.56. The van der Waals surface area contributed by atoms with Gasteiger partial charge in [-0.3, -0.25) is 4.79 Å².